The fourth-order valence-corrected chi connectivity index (χ4v) is 4.52. The summed E-state index contributed by atoms with van der Waals surface area (Å²) in [6.07, 6.45) is 0. The highest BCUT2D eigenvalue weighted by molar-refractivity contribution is 7.13. The van der Waals surface area contributed by atoms with E-state index in [2.05, 4.69) is 0 Å². The van der Waals surface area contributed by atoms with Crippen molar-refractivity contribution in [2.24, 2.45) is 0 Å². The van der Waals surface area contributed by atoms with E-state index in [1.165, 1.54) is 4.90 Å². The second-order valence-corrected chi connectivity index (χ2v) is 8.37. The first-order valence-electron chi connectivity index (χ1n) is 10.4. The highest BCUT2D eigenvalue weighted by atomic mass is 32.1. The lowest BCUT2D eigenvalue weighted by atomic mass is 10.1. The Kier molecular flexibility index (Phi) is 5.62. The number of anilines is 1. The van der Waals surface area contributed by atoms with Crippen molar-refractivity contribution >= 4 is 28.7 Å². The van der Waals surface area contributed by atoms with Gasteiger partial charge in [-0.05, 0) is 30.3 Å². The van der Waals surface area contributed by atoms with E-state index in [0.29, 0.717) is 22.7 Å². The molecule has 0 atom stereocenters. The van der Waals surface area contributed by atoms with Gasteiger partial charge in [0.15, 0.2) is 12.4 Å². The molecule has 0 unspecified atom stereocenters. The van der Waals surface area contributed by atoms with Gasteiger partial charge in [-0.15, -0.1) is 11.3 Å². The van der Waals surface area contributed by atoms with E-state index < -0.39 is 0 Å². The Labute approximate surface area is 195 Å². The van der Waals surface area contributed by atoms with Gasteiger partial charge >= 0.3 is 0 Å². The standard InChI is InChI=1S/C26H20N2O4S/c1-31-20-9-5-8-19(12-20)23(29)14-28-22-13-18(10-11-24(22)32-15-25(28)30)21-16-33-26(27-21)17-6-3-2-4-7-17/h2-13,16H,14-15H2,1H3. The van der Waals surface area contributed by atoms with E-state index in [-0.39, 0.29) is 24.8 Å². The predicted octanol–water partition coefficient (Wildman–Crippen LogP) is 5.09. The van der Waals surface area contributed by atoms with Crippen molar-refractivity contribution in [3.8, 4) is 33.3 Å². The van der Waals surface area contributed by atoms with E-state index in [9.17, 15) is 9.59 Å². The fraction of sp³-hybridized carbons (Fsp3) is 0.115. The first-order valence-corrected chi connectivity index (χ1v) is 11.3. The van der Waals surface area contributed by atoms with Crippen molar-refractivity contribution in [1.82, 2.24) is 4.98 Å². The second-order valence-electron chi connectivity index (χ2n) is 7.51. The summed E-state index contributed by atoms with van der Waals surface area (Å²) >= 11 is 1.56. The Balaban J connectivity index is 1.45. The molecule has 6 nitrogen and oxygen atoms in total. The van der Waals surface area contributed by atoms with E-state index >= 15 is 0 Å². The Morgan fingerprint density at radius 3 is 2.73 bits per heavy atom. The number of fused-ring (bicyclic) bond motifs is 1. The quantitative estimate of drug-likeness (QED) is 0.378. The van der Waals surface area contributed by atoms with Gasteiger partial charge in [0.25, 0.3) is 5.91 Å². The average molecular weight is 457 g/mol. The summed E-state index contributed by atoms with van der Waals surface area (Å²) in [6.45, 7) is -0.190. The number of ketones is 1. The van der Waals surface area contributed by atoms with E-state index in [1.807, 2.05) is 53.9 Å². The van der Waals surface area contributed by atoms with Crippen LogP contribution in [0.25, 0.3) is 21.8 Å². The molecule has 1 aliphatic heterocycles. The normalized spacial score (nSPS) is 12.8. The first kappa shape index (κ1) is 20.9. The Morgan fingerprint density at radius 1 is 1.06 bits per heavy atom. The summed E-state index contributed by atoms with van der Waals surface area (Å²) in [6, 6.07) is 22.5. The van der Waals surface area contributed by atoms with Gasteiger partial charge in [-0.25, -0.2) is 4.98 Å². The van der Waals surface area contributed by atoms with Crippen LogP contribution in [-0.2, 0) is 4.79 Å². The number of Topliss-reactive ketones (excluding diaryl/α,β-unsaturated/α-hetero) is 1. The zero-order valence-electron chi connectivity index (χ0n) is 17.9. The maximum Gasteiger partial charge on any atom is 0.265 e. The van der Waals surface area contributed by atoms with Gasteiger partial charge in [0.05, 0.1) is 25.0 Å². The number of aromatic nitrogens is 1. The monoisotopic (exact) mass is 456 g/mol. The summed E-state index contributed by atoms with van der Waals surface area (Å²) in [5.74, 6) is 0.713. The topological polar surface area (TPSA) is 68.7 Å². The van der Waals surface area contributed by atoms with Crippen LogP contribution in [0.2, 0.25) is 0 Å². The van der Waals surface area contributed by atoms with Crippen LogP contribution in [0.3, 0.4) is 0 Å². The summed E-state index contributed by atoms with van der Waals surface area (Å²) < 4.78 is 10.8. The van der Waals surface area contributed by atoms with Crippen LogP contribution in [0.15, 0.2) is 78.2 Å². The van der Waals surface area contributed by atoms with E-state index in [0.717, 1.165) is 21.8 Å². The smallest absolute Gasteiger partial charge is 0.265 e. The molecule has 164 valence electrons. The number of methoxy groups -OCH3 is 1. The van der Waals surface area contributed by atoms with Crippen LogP contribution in [-0.4, -0.2) is 36.9 Å². The molecule has 2 heterocycles. The molecule has 5 rings (SSSR count). The Hall–Kier alpha value is -3.97. The minimum atomic E-state index is -0.265. The summed E-state index contributed by atoms with van der Waals surface area (Å²) in [5, 5.41) is 2.90. The molecule has 0 radical (unpaired) electrons. The number of hydrogen-bond acceptors (Lipinski definition) is 6. The molecule has 0 saturated carbocycles. The molecule has 0 aliphatic carbocycles. The molecular formula is C26H20N2O4S. The molecule has 4 aromatic rings. The molecule has 3 aromatic carbocycles. The predicted molar refractivity (Wildman–Crippen MR) is 128 cm³/mol. The van der Waals surface area contributed by atoms with Crippen molar-refractivity contribution in [3.05, 3.63) is 83.7 Å². The minimum absolute atomic E-state index is 0.0852. The molecule has 1 aliphatic rings. The van der Waals surface area contributed by atoms with Crippen LogP contribution in [0.4, 0.5) is 5.69 Å². The van der Waals surface area contributed by atoms with Crippen LogP contribution < -0.4 is 14.4 Å². The number of amides is 1. The van der Waals surface area contributed by atoms with Gasteiger partial charge < -0.3 is 9.47 Å². The molecule has 7 heteroatoms. The zero-order chi connectivity index (χ0) is 22.8. The molecule has 0 saturated heterocycles. The molecule has 0 fully saturated rings. The highest BCUT2D eigenvalue weighted by Crippen LogP contribution is 2.37. The Bertz CT molecular complexity index is 1330. The molecule has 0 N–H and O–H groups in total. The van der Waals surface area contributed by atoms with Crippen LogP contribution in [0.1, 0.15) is 10.4 Å². The number of thiazole rings is 1. The number of benzene rings is 3. The van der Waals surface area contributed by atoms with Gasteiger partial charge in [-0.1, -0.05) is 42.5 Å². The lowest BCUT2D eigenvalue weighted by molar-refractivity contribution is -0.121. The molecule has 1 aromatic heterocycles. The first-order chi connectivity index (χ1) is 16.1. The van der Waals surface area contributed by atoms with Crippen molar-refractivity contribution < 1.29 is 19.1 Å². The van der Waals surface area contributed by atoms with Crippen molar-refractivity contribution in [2.45, 2.75) is 0 Å². The second kappa shape index (κ2) is 8.88. The van der Waals surface area contributed by atoms with Crippen LogP contribution in [0, 0.1) is 0 Å². The lowest BCUT2D eigenvalue weighted by Gasteiger charge is -2.29. The number of ether oxygens (including phenoxy) is 2. The van der Waals surface area contributed by atoms with Gasteiger partial charge in [-0.3, -0.25) is 14.5 Å². The number of carbonyl (C=O) groups is 2. The van der Waals surface area contributed by atoms with Gasteiger partial charge in [0, 0.05) is 22.1 Å². The third-order valence-electron chi connectivity index (χ3n) is 5.42. The minimum Gasteiger partial charge on any atom is -0.497 e. The molecule has 33 heavy (non-hydrogen) atoms. The van der Waals surface area contributed by atoms with Crippen molar-refractivity contribution in [2.75, 3.05) is 25.2 Å². The number of nitrogens with zero attached hydrogens (tertiary/aromatic N) is 2. The zero-order valence-corrected chi connectivity index (χ0v) is 18.7. The molecule has 0 bridgehead atoms. The van der Waals surface area contributed by atoms with Crippen molar-refractivity contribution in [1.29, 1.82) is 0 Å². The lowest BCUT2D eigenvalue weighted by Crippen LogP contribution is -2.42. The van der Waals surface area contributed by atoms with E-state index in [1.54, 1.807) is 42.7 Å². The van der Waals surface area contributed by atoms with Crippen LogP contribution in [0.5, 0.6) is 11.5 Å². The Morgan fingerprint density at radius 2 is 1.91 bits per heavy atom. The molecule has 1 amide bonds. The van der Waals surface area contributed by atoms with Gasteiger partial charge in [0.2, 0.25) is 0 Å². The third kappa shape index (κ3) is 4.23. The number of hydrogen-bond donors (Lipinski definition) is 0. The van der Waals surface area contributed by atoms with E-state index in [4.69, 9.17) is 14.5 Å². The fourth-order valence-electron chi connectivity index (χ4n) is 3.69. The number of rotatable bonds is 6. The summed E-state index contributed by atoms with van der Waals surface area (Å²) in [7, 11) is 1.55. The largest absolute Gasteiger partial charge is 0.497 e. The summed E-state index contributed by atoms with van der Waals surface area (Å²) in [5.41, 5.74) is 3.76. The average Bonchev–Trinajstić information content (AvgIpc) is 3.36. The maximum atomic E-state index is 13.0. The summed E-state index contributed by atoms with van der Waals surface area (Å²) in [4.78, 5) is 31.9. The third-order valence-corrected chi connectivity index (χ3v) is 6.31. The molecular weight excluding hydrogens is 436 g/mol. The van der Waals surface area contributed by atoms with Crippen molar-refractivity contribution in [3.63, 3.8) is 0 Å². The van der Waals surface area contributed by atoms with Gasteiger partial charge in [0.1, 0.15) is 16.5 Å². The van der Waals surface area contributed by atoms with Gasteiger partial charge in [-0.2, -0.15) is 0 Å². The SMILES string of the molecule is COc1cccc(C(=O)CN2C(=O)COc3ccc(-c4csc(-c5ccccc5)n4)cc32)c1. The maximum absolute atomic E-state index is 13.0. The number of carbonyl (C=O) groups excluding carboxylic acids is 2. The molecule has 0 spiro atoms. The highest BCUT2D eigenvalue weighted by Gasteiger charge is 2.28. The van der Waals surface area contributed by atoms with Crippen LogP contribution >= 0.6 is 11.3 Å².